The Hall–Kier alpha value is -2.14. The van der Waals surface area contributed by atoms with E-state index in [4.69, 9.17) is 21.8 Å². The second-order valence-electron chi connectivity index (χ2n) is 4.63. The molecule has 0 spiro atoms. The molecule has 2 aromatic rings. The first-order valence-corrected chi connectivity index (χ1v) is 9.60. The highest BCUT2D eigenvalue weighted by Crippen LogP contribution is 2.23. The lowest BCUT2D eigenvalue weighted by Crippen LogP contribution is -2.16. The molecule has 0 aliphatic carbocycles. The lowest BCUT2D eigenvalue weighted by atomic mass is 10.2. The van der Waals surface area contributed by atoms with Gasteiger partial charge in [-0.15, -0.1) is 0 Å². The molecule has 11 heteroatoms. The van der Waals surface area contributed by atoms with Crippen molar-refractivity contribution in [2.45, 2.75) is 9.79 Å². The van der Waals surface area contributed by atoms with Crippen molar-refractivity contribution in [3.8, 4) is 0 Å². The monoisotopic (exact) mass is 390 g/mol. The Balaban J connectivity index is 2.43. The van der Waals surface area contributed by atoms with E-state index in [0.29, 0.717) is 0 Å². The molecular formula is C13H11ClN2O6S2. The highest BCUT2D eigenvalue weighted by atomic mass is 35.5. The smallest absolute Gasteiger partial charge is 0.337 e. The molecule has 0 fully saturated rings. The Morgan fingerprint density at radius 2 is 1.71 bits per heavy atom. The molecule has 2 rings (SSSR count). The molecule has 0 saturated heterocycles. The average molecular weight is 391 g/mol. The summed E-state index contributed by atoms with van der Waals surface area (Å²) >= 11 is 5.70. The third kappa shape index (κ3) is 4.03. The Morgan fingerprint density at radius 3 is 2.29 bits per heavy atom. The van der Waals surface area contributed by atoms with Gasteiger partial charge in [0.1, 0.15) is 0 Å². The van der Waals surface area contributed by atoms with Gasteiger partial charge < -0.3 is 5.11 Å². The fourth-order valence-electron chi connectivity index (χ4n) is 1.79. The van der Waals surface area contributed by atoms with E-state index in [0.717, 1.165) is 24.3 Å². The second-order valence-corrected chi connectivity index (χ2v) is 8.28. The van der Waals surface area contributed by atoms with Crippen LogP contribution in [-0.2, 0) is 20.0 Å². The number of halogens is 1. The number of benzene rings is 2. The normalized spacial score (nSPS) is 11.9. The van der Waals surface area contributed by atoms with Gasteiger partial charge in [0.2, 0.25) is 10.0 Å². The van der Waals surface area contributed by atoms with E-state index < -0.39 is 26.0 Å². The first-order valence-electron chi connectivity index (χ1n) is 6.19. The quantitative estimate of drug-likeness (QED) is 0.705. The number of primary sulfonamides is 1. The Morgan fingerprint density at radius 1 is 1.04 bits per heavy atom. The van der Waals surface area contributed by atoms with Crippen LogP contribution in [0.2, 0.25) is 5.02 Å². The summed E-state index contributed by atoms with van der Waals surface area (Å²) in [4.78, 5) is 10.4. The summed E-state index contributed by atoms with van der Waals surface area (Å²) in [5, 5.41) is 13.9. The van der Waals surface area contributed by atoms with Gasteiger partial charge >= 0.3 is 5.97 Å². The molecule has 0 unspecified atom stereocenters. The van der Waals surface area contributed by atoms with Gasteiger partial charge in [0.25, 0.3) is 10.0 Å². The fourth-order valence-corrected chi connectivity index (χ4v) is 3.62. The number of sulfonamides is 2. The summed E-state index contributed by atoms with van der Waals surface area (Å²) < 4.78 is 49.4. The van der Waals surface area contributed by atoms with Gasteiger partial charge in [0, 0.05) is 0 Å². The van der Waals surface area contributed by atoms with Crippen LogP contribution in [0.3, 0.4) is 0 Å². The minimum atomic E-state index is -4.16. The van der Waals surface area contributed by atoms with E-state index in [1.165, 1.54) is 18.2 Å². The molecule has 4 N–H and O–H groups in total. The molecule has 0 saturated carbocycles. The summed E-state index contributed by atoms with van der Waals surface area (Å²) in [7, 11) is -8.16. The van der Waals surface area contributed by atoms with Crippen molar-refractivity contribution in [3.05, 3.63) is 53.1 Å². The third-order valence-electron chi connectivity index (χ3n) is 2.89. The van der Waals surface area contributed by atoms with Crippen LogP contribution in [0.4, 0.5) is 5.69 Å². The van der Waals surface area contributed by atoms with Crippen molar-refractivity contribution in [1.29, 1.82) is 0 Å². The van der Waals surface area contributed by atoms with Gasteiger partial charge in [-0.1, -0.05) is 17.7 Å². The molecule has 0 atom stereocenters. The number of nitrogens with one attached hydrogen (secondary N) is 1. The third-order valence-corrected chi connectivity index (χ3v) is 5.51. The van der Waals surface area contributed by atoms with E-state index >= 15 is 0 Å². The Bertz CT molecular complexity index is 1020. The Kier molecular flexibility index (Phi) is 4.85. The predicted molar refractivity (Wildman–Crippen MR) is 87.0 cm³/mol. The number of aromatic carboxylic acids is 1. The van der Waals surface area contributed by atoms with Crippen molar-refractivity contribution in [3.63, 3.8) is 0 Å². The minimum Gasteiger partial charge on any atom is -0.478 e. The molecule has 0 amide bonds. The number of anilines is 1. The summed E-state index contributed by atoms with van der Waals surface area (Å²) in [6, 6.07) is 8.04. The second kappa shape index (κ2) is 6.40. The molecule has 0 heterocycles. The van der Waals surface area contributed by atoms with Crippen LogP contribution < -0.4 is 9.86 Å². The SMILES string of the molecule is NS(=O)(=O)c1cccc(NS(=O)(=O)c2ccc(Cl)c(C(=O)O)c2)c1. The van der Waals surface area contributed by atoms with Crippen LogP contribution in [0.25, 0.3) is 0 Å². The number of hydrogen-bond acceptors (Lipinski definition) is 5. The summed E-state index contributed by atoms with van der Waals surface area (Å²) in [5.41, 5.74) is -0.425. The summed E-state index contributed by atoms with van der Waals surface area (Å²) in [6.45, 7) is 0. The van der Waals surface area contributed by atoms with Crippen LogP contribution in [0, 0.1) is 0 Å². The van der Waals surface area contributed by atoms with Crippen molar-refractivity contribution < 1.29 is 26.7 Å². The molecule has 0 radical (unpaired) electrons. The molecule has 2 aromatic carbocycles. The van der Waals surface area contributed by atoms with Gasteiger partial charge in [-0.25, -0.2) is 26.8 Å². The zero-order valence-electron chi connectivity index (χ0n) is 11.8. The van der Waals surface area contributed by atoms with E-state index in [2.05, 4.69) is 4.72 Å². The maximum absolute atomic E-state index is 12.3. The van der Waals surface area contributed by atoms with Gasteiger partial charge in [-0.3, -0.25) is 4.72 Å². The molecule has 8 nitrogen and oxygen atoms in total. The van der Waals surface area contributed by atoms with E-state index in [1.807, 2.05) is 0 Å². The van der Waals surface area contributed by atoms with E-state index in [-0.39, 0.29) is 26.1 Å². The largest absolute Gasteiger partial charge is 0.478 e. The minimum absolute atomic E-state index is 0.0478. The highest BCUT2D eigenvalue weighted by molar-refractivity contribution is 7.92. The summed E-state index contributed by atoms with van der Waals surface area (Å²) in [6.07, 6.45) is 0. The lowest BCUT2D eigenvalue weighted by Gasteiger charge is -2.10. The number of hydrogen-bond donors (Lipinski definition) is 3. The van der Waals surface area contributed by atoms with Crippen LogP contribution >= 0.6 is 11.6 Å². The van der Waals surface area contributed by atoms with E-state index in [1.54, 1.807) is 0 Å². The van der Waals surface area contributed by atoms with Crippen molar-refractivity contribution in [2.24, 2.45) is 5.14 Å². The molecule has 0 aliphatic heterocycles. The van der Waals surface area contributed by atoms with Gasteiger partial charge in [-0.2, -0.15) is 0 Å². The molecule has 0 aromatic heterocycles. The fraction of sp³-hybridized carbons (Fsp3) is 0. The van der Waals surface area contributed by atoms with Crippen molar-refractivity contribution in [1.82, 2.24) is 0 Å². The molecular weight excluding hydrogens is 380 g/mol. The standard InChI is InChI=1S/C13H11ClN2O6S2/c14-12-5-4-10(7-11(12)13(17)18)24(21,22)16-8-2-1-3-9(6-8)23(15,19)20/h1-7,16H,(H,17,18)(H2,15,19,20). The highest BCUT2D eigenvalue weighted by Gasteiger charge is 2.19. The number of carbonyl (C=O) groups is 1. The van der Waals surface area contributed by atoms with E-state index in [9.17, 15) is 21.6 Å². The number of carboxylic acid groups (broad SMARTS) is 1. The van der Waals surface area contributed by atoms with Crippen LogP contribution in [0.15, 0.2) is 52.3 Å². The topological polar surface area (TPSA) is 144 Å². The van der Waals surface area contributed by atoms with Gasteiger partial charge in [0.05, 0.1) is 26.1 Å². The maximum Gasteiger partial charge on any atom is 0.337 e. The molecule has 24 heavy (non-hydrogen) atoms. The Labute approximate surface area is 143 Å². The predicted octanol–water partition coefficient (Wildman–Crippen LogP) is 1.49. The molecule has 0 bridgehead atoms. The van der Waals surface area contributed by atoms with Crippen LogP contribution in [0.5, 0.6) is 0 Å². The number of carboxylic acids is 1. The maximum atomic E-state index is 12.3. The zero-order valence-corrected chi connectivity index (χ0v) is 14.2. The number of rotatable bonds is 5. The average Bonchev–Trinajstić information content (AvgIpc) is 2.46. The van der Waals surface area contributed by atoms with Gasteiger partial charge in [0.15, 0.2) is 0 Å². The molecule has 0 aliphatic rings. The first-order chi connectivity index (χ1) is 11.0. The molecule has 128 valence electrons. The van der Waals surface area contributed by atoms with Crippen molar-refractivity contribution in [2.75, 3.05) is 4.72 Å². The van der Waals surface area contributed by atoms with Crippen LogP contribution in [-0.4, -0.2) is 27.9 Å². The zero-order chi connectivity index (χ0) is 18.1. The van der Waals surface area contributed by atoms with Crippen molar-refractivity contribution >= 4 is 43.3 Å². The van der Waals surface area contributed by atoms with Gasteiger partial charge in [-0.05, 0) is 36.4 Å². The first kappa shape index (κ1) is 18.2. The number of nitrogens with two attached hydrogens (primary N) is 1. The summed E-state index contributed by atoms with van der Waals surface area (Å²) in [5.74, 6) is -1.38. The van der Waals surface area contributed by atoms with Crippen LogP contribution in [0.1, 0.15) is 10.4 Å². The lowest BCUT2D eigenvalue weighted by molar-refractivity contribution is 0.0697.